The molecule has 2 atom stereocenters. The van der Waals surface area contributed by atoms with Gasteiger partial charge in [0.25, 0.3) is 0 Å². The predicted molar refractivity (Wildman–Crippen MR) is 59.1 cm³/mol. The molecule has 1 aliphatic rings. The van der Waals surface area contributed by atoms with Gasteiger partial charge in [-0.1, -0.05) is 0 Å². The molecule has 0 aliphatic carbocycles. The monoisotopic (exact) mass is 239 g/mol. The summed E-state index contributed by atoms with van der Waals surface area (Å²) in [6.45, 7) is 5.92. The molecule has 0 amide bonds. The molecule has 0 bridgehead atoms. The summed E-state index contributed by atoms with van der Waals surface area (Å²) in [5, 5.41) is -0.399. The molecule has 84 valence electrons. The first kappa shape index (κ1) is 12.3. The lowest BCUT2D eigenvalue weighted by Crippen LogP contribution is -2.49. The Morgan fingerprint density at radius 2 is 2.00 bits per heavy atom. The van der Waals surface area contributed by atoms with E-state index in [0.717, 1.165) is 12.8 Å². The molecule has 0 aromatic heterocycles. The van der Waals surface area contributed by atoms with Crippen LogP contribution in [0.15, 0.2) is 0 Å². The summed E-state index contributed by atoms with van der Waals surface area (Å²) in [5.41, 5.74) is 0. The Morgan fingerprint density at radius 1 is 1.43 bits per heavy atom. The molecule has 14 heavy (non-hydrogen) atoms. The van der Waals surface area contributed by atoms with Crippen LogP contribution in [0.1, 0.15) is 33.6 Å². The van der Waals surface area contributed by atoms with Crippen LogP contribution in [0.4, 0.5) is 0 Å². The Balaban J connectivity index is 2.87. The molecule has 0 radical (unpaired) electrons. The van der Waals surface area contributed by atoms with E-state index in [9.17, 15) is 8.42 Å². The van der Waals surface area contributed by atoms with E-state index in [4.69, 9.17) is 11.6 Å². The van der Waals surface area contributed by atoms with Crippen LogP contribution in [0.25, 0.3) is 0 Å². The summed E-state index contributed by atoms with van der Waals surface area (Å²) in [6, 6.07) is -0.0715. The minimum absolute atomic E-state index is 0.0442. The molecular formula is C9H18ClNO2S. The van der Waals surface area contributed by atoms with E-state index in [-0.39, 0.29) is 16.7 Å². The number of alkyl halides is 1. The average Bonchev–Trinajstić information content (AvgIpc) is 2.09. The van der Waals surface area contributed by atoms with Gasteiger partial charge in [-0.3, -0.25) is 0 Å². The maximum absolute atomic E-state index is 11.9. The maximum Gasteiger partial charge on any atom is 0.216 e. The maximum atomic E-state index is 11.9. The van der Waals surface area contributed by atoms with Gasteiger partial charge in [0.05, 0.1) is 5.25 Å². The van der Waals surface area contributed by atoms with E-state index >= 15 is 0 Å². The highest BCUT2D eigenvalue weighted by Gasteiger charge is 2.35. The third-order valence-corrected chi connectivity index (χ3v) is 5.70. The number of piperidine rings is 1. The third kappa shape index (κ3) is 2.23. The molecule has 0 aromatic carbocycles. The first-order valence-electron chi connectivity index (χ1n) is 5.02. The zero-order valence-corrected chi connectivity index (χ0v) is 10.5. The van der Waals surface area contributed by atoms with Gasteiger partial charge in [-0.25, -0.2) is 8.42 Å². The molecule has 0 aromatic rings. The van der Waals surface area contributed by atoms with Gasteiger partial charge >= 0.3 is 0 Å². The second-order valence-electron chi connectivity index (χ2n) is 4.10. The predicted octanol–water partition coefficient (Wildman–Crippen LogP) is 1.82. The van der Waals surface area contributed by atoms with Crippen molar-refractivity contribution in [2.24, 2.45) is 0 Å². The lowest BCUT2D eigenvalue weighted by Gasteiger charge is -2.36. The summed E-state index contributed by atoms with van der Waals surface area (Å²) in [7, 11) is -3.13. The number of nitrogens with zero attached hydrogens (tertiary/aromatic N) is 1. The summed E-state index contributed by atoms with van der Waals surface area (Å²) in [5.74, 6) is 0. The van der Waals surface area contributed by atoms with E-state index in [2.05, 4.69) is 0 Å². The smallest absolute Gasteiger partial charge is 0.212 e. The van der Waals surface area contributed by atoms with Crippen LogP contribution in [-0.4, -0.2) is 35.9 Å². The largest absolute Gasteiger partial charge is 0.216 e. The highest BCUT2D eigenvalue weighted by molar-refractivity contribution is 7.89. The molecule has 0 N–H and O–H groups in total. The molecule has 5 heteroatoms. The molecule has 1 heterocycles. The summed E-state index contributed by atoms with van der Waals surface area (Å²) in [6.07, 6.45) is 1.78. The van der Waals surface area contributed by atoms with Crippen molar-refractivity contribution in [3.63, 3.8) is 0 Å². The van der Waals surface area contributed by atoms with Crippen molar-refractivity contribution in [2.45, 2.75) is 50.3 Å². The van der Waals surface area contributed by atoms with Gasteiger partial charge in [-0.05, 0) is 33.6 Å². The van der Waals surface area contributed by atoms with Crippen molar-refractivity contribution in [1.82, 2.24) is 4.31 Å². The normalized spacial score (nSPS) is 30.9. The highest BCUT2D eigenvalue weighted by Crippen LogP contribution is 2.26. The Morgan fingerprint density at radius 3 is 2.50 bits per heavy atom. The fourth-order valence-electron chi connectivity index (χ4n) is 1.70. The Labute approximate surface area is 91.5 Å². The molecule has 0 saturated carbocycles. The fraction of sp³-hybridized carbons (Fsp3) is 1.00. The van der Waals surface area contributed by atoms with E-state index in [1.165, 1.54) is 0 Å². The topological polar surface area (TPSA) is 37.4 Å². The SMILES string of the molecule is CC1C(Cl)CCCN1S(=O)(=O)C(C)C. The van der Waals surface area contributed by atoms with Crippen LogP contribution in [0.5, 0.6) is 0 Å². The number of hydrogen-bond donors (Lipinski definition) is 0. The Kier molecular flexibility index (Phi) is 3.83. The van der Waals surface area contributed by atoms with Crippen LogP contribution in [-0.2, 0) is 10.0 Å². The molecule has 0 spiro atoms. The molecule has 3 nitrogen and oxygen atoms in total. The average molecular weight is 240 g/mol. The molecule has 1 fully saturated rings. The van der Waals surface area contributed by atoms with Gasteiger partial charge in [0.15, 0.2) is 0 Å². The lowest BCUT2D eigenvalue weighted by molar-refractivity contribution is 0.271. The number of sulfonamides is 1. The Hall–Kier alpha value is 0.200. The molecule has 1 rings (SSSR count). The summed E-state index contributed by atoms with van der Waals surface area (Å²) >= 11 is 6.07. The van der Waals surface area contributed by atoms with Gasteiger partial charge in [0.2, 0.25) is 10.0 Å². The van der Waals surface area contributed by atoms with E-state index in [0.29, 0.717) is 6.54 Å². The van der Waals surface area contributed by atoms with Crippen LogP contribution >= 0.6 is 11.6 Å². The standard InChI is InChI=1S/C9H18ClNO2S/c1-7(2)14(12,13)11-6-4-5-9(10)8(11)3/h7-9H,4-6H2,1-3H3. The zero-order valence-electron chi connectivity index (χ0n) is 8.90. The van der Waals surface area contributed by atoms with Gasteiger partial charge in [-0.15, -0.1) is 11.6 Å². The Bertz CT molecular complexity index is 289. The van der Waals surface area contributed by atoms with Crippen molar-refractivity contribution in [3.8, 4) is 0 Å². The summed E-state index contributed by atoms with van der Waals surface area (Å²) < 4.78 is 25.4. The van der Waals surface area contributed by atoms with Gasteiger partial charge in [0, 0.05) is 18.0 Å². The molecular weight excluding hydrogens is 222 g/mol. The van der Waals surface area contributed by atoms with Crippen molar-refractivity contribution >= 4 is 21.6 Å². The van der Waals surface area contributed by atoms with Crippen LogP contribution < -0.4 is 0 Å². The van der Waals surface area contributed by atoms with E-state index in [1.54, 1.807) is 18.2 Å². The zero-order chi connectivity index (χ0) is 10.9. The van der Waals surface area contributed by atoms with Gasteiger partial charge < -0.3 is 0 Å². The molecule has 2 unspecified atom stereocenters. The summed E-state index contributed by atoms with van der Waals surface area (Å²) in [4.78, 5) is 0. The minimum atomic E-state index is -3.13. The first-order valence-corrected chi connectivity index (χ1v) is 6.96. The molecule has 1 aliphatic heterocycles. The van der Waals surface area contributed by atoms with Crippen molar-refractivity contribution in [3.05, 3.63) is 0 Å². The fourth-order valence-corrected chi connectivity index (χ4v) is 3.59. The minimum Gasteiger partial charge on any atom is -0.212 e. The van der Waals surface area contributed by atoms with Crippen molar-refractivity contribution in [2.75, 3.05) is 6.54 Å². The van der Waals surface area contributed by atoms with Crippen molar-refractivity contribution < 1.29 is 8.42 Å². The number of halogens is 1. The first-order chi connectivity index (χ1) is 6.37. The third-order valence-electron chi connectivity index (χ3n) is 2.76. The van der Waals surface area contributed by atoms with Gasteiger partial charge in [-0.2, -0.15) is 4.31 Å². The number of rotatable bonds is 2. The van der Waals surface area contributed by atoms with E-state index in [1.807, 2.05) is 6.92 Å². The lowest BCUT2D eigenvalue weighted by atomic mass is 10.1. The van der Waals surface area contributed by atoms with Crippen molar-refractivity contribution in [1.29, 1.82) is 0 Å². The quantitative estimate of drug-likeness (QED) is 0.690. The van der Waals surface area contributed by atoms with E-state index < -0.39 is 10.0 Å². The highest BCUT2D eigenvalue weighted by atomic mass is 35.5. The molecule has 1 saturated heterocycles. The second-order valence-corrected chi connectivity index (χ2v) is 7.11. The second kappa shape index (κ2) is 4.37. The van der Waals surface area contributed by atoms with Crippen LogP contribution in [0.2, 0.25) is 0 Å². The van der Waals surface area contributed by atoms with Gasteiger partial charge in [0.1, 0.15) is 0 Å². The number of hydrogen-bond acceptors (Lipinski definition) is 2. The van der Waals surface area contributed by atoms with Crippen LogP contribution in [0, 0.1) is 0 Å². The van der Waals surface area contributed by atoms with Crippen LogP contribution in [0.3, 0.4) is 0 Å².